The highest BCUT2D eigenvalue weighted by atomic mass is 35.5. The zero-order valence-electron chi connectivity index (χ0n) is 13.2. The number of hydrogen-bond acceptors (Lipinski definition) is 5. The van der Waals surface area contributed by atoms with Crippen molar-refractivity contribution in [2.45, 2.75) is 24.9 Å². The summed E-state index contributed by atoms with van der Waals surface area (Å²) in [5.41, 5.74) is 8.57. The van der Waals surface area contributed by atoms with Crippen molar-refractivity contribution in [1.82, 2.24) is 15.2 Å². The number of likely N-dealkylation sites (tertiary alicyclic amines) is 1. The van der Waals surface area contributed by atoms with Crippen LogP contribution in [0.25, 0.3) is 10.4 Å². The molecule has 136 valence electrons. The Kier molecular flexibility index (Phi) is 5.92. The van der Waals surface area contributed by atoms with Gasteiger partial charge in [-0.15, -0.1) is 0 Å². The number of amides is 2. The predicted octanol–water partition coefficient (Wildman–Crippen LogP) is 2.03. The molecule has 12 heteroatoms. The van der Waals surface area contributed by atoms with Crippen LogP contribution in [0.3, 0.4) is 0 Å². The molecule has 1 aromatic rings. The summed E-state index contributed by atoms with van der Waals surface area (Å²) in [5, 5.41) is 14.5. The molecule has 2 rings (SSSR count). The SMILES string of the molecule is N#C[C@@H]1CC(F)(F)CN1C(=O)CNC(=O)c1cc(CN=[N+]=[N-])ncc1Cl. The lowest BCUT2D eigenvalue weighted by atomic mass is 10.2. The standard InChI is InChI=1S/C14H12ClF2N7O2/c15-11-5-20-8(4-22-23-19)1-10(11)13(26)21-6-12(25)24-7-14(16,17)2-9(24)3-18/h1,5,9H,2,4,6-7H2,(H,21,26)/t9-/m0/s1. The fraction of sp³-hybridized carbons (Fsp3) is 0.429. The average molecular weight is 384 g/mol. The zero-order valence-corrected chi connectivity index (χ0v) is 14.0. The Hall–Kier alpha value is -2.96. The zero-order chi connectivity index (χ0) is 19.3. The Balaban J connectivity index is 2.03. The lowest BCUT2D eigenvalue weighted by Gasteiger charge is -2.19. The molecular formula is C14H12ClF2N7O2. The highest BCUT2D eigenvalue weighted by Crippen LogP contribution is 2.31. The Morgan fingerprint density at radius 1 is 1.62 bits per heavy atom. The third-order valence-corrected chi connectivity index (χ3v) is 3.89. The third-order valence-electron chi connectivity index (χ3n) is 3.59. The maximum atomic E-state index is 13.4. The summed E-state index contributed by atoms with van der Waals surface area (Å²) in [5.74, 6) is -4.67. The fourth-order valence-electron chi connectivity index (χ4n) is 2.39. The molecule has 1 saturated heterocycles. The van der Waals surface area contributed by atoms with Crippen molar-refractivity contribution in [2.24, 2.45) is 5.11 Å². The minimum absolute atomic E-state index is 0.00208. The van der Waals surface area contributed by atoms with Gasteiger partial charge in [0.05, 0.1) is 36.3 Å². The topological polar surface area (TPSA) is 135 Å². The van der Waals surface area contributed by atoms with Crippen LogP contribution in [-0.4, -0.2) is 46.8 Å². The van der Waals surface area contributed by atoms with Crippen LogP contribution in [0.5, 0.6) is 0 Å². The first-order valence-electron chi connectivity index (χ1n) is 7.28. The molecular weight excluding hydrogens is 372 g/mol. The van der Waals surface area contributed by atoms with E-state index in [1.54, 1.807) is 6.07 Å². The monoisotopic (exact) mass is 383 g/mol. The van der Waals surface area contributed by atoms with E-state index in [-0.39, 0.29) is 22.8 Å². The summed E-state index contributed by atoms with van der Waals surface area (Å²) in [6.45, 7) is -1.54. The van der Waals surface area contributed by atoms with Gasteiger partial charge in [0.15, 0.2) is 0 Å². The number of hydrogen-bond donors (Lipinski definition) is 1. The number of carbonyl (C=O) groups is 2. The second kappa shape index (κ2) is 7.95. The lowest BCUT2D eigenvalue weighted by molar-refractivity contribution is -0.131. The third kappa shape index (κ3) is 4.56. The quantitative estimate of drug-likeness (QED) is 0.472. The lowest BCUT2D eigenvalue weighted by Crippen LogP contribution is -2.43. The largest absolute Gasteiger partial charge is 0.343 e. The van der Waals surface area contributed by atoms with Crippen molar-refractivity contribution in [3.8, 4) is 6.07 Å². The van der Waals surface area contributed by atoms with Gasteiger partial charge in [-0.3, -0.25) is 14.6 Å². The Labute approximate surface area is 151 Å². The molecule has 0 aromatic carbocycles. The van der Waals surface area contributed by atoms with E-state index in [9.17, 15) is 18.4 Å². The van der Waals surface area contributed by atoms with Gasteiger partial charge in [0, 0.05) is 23.2 Å². The number of alkyl halides is 2. The second-order valence-electron chi connectivity index (χ2n) is 5.45. The van der Waals surface area contributed by atoms with E-state index in [1.807, 2.05) is 0 Å². The maximum absolute atomic E-state index is 13.4. The molecule has 1 aromatic heterocycles. The molecule has 0 spiro atoms. The molecule has 0 aliphatic carbocycles. The number of carbonyl (C=O) groups excluding carboxylic acids is 2. The summed E-state index contributed by atoms with van der Waals surface area (Å²) in [4.78, 5) is 31.4. The van der Waals surface area contributed by atoms with Gasteiger partial charge in [-0.05, 0) is 11.6 Å². The smallest absolute Gasteiger partial charge is 0.268 e. The number of nitriles is 1. The minimum atomic E-state index is -3.13. The minimum Gasteiger partial charge on any atom is -0.343 e. The summed E-state index contributed by atoms with van der Waals surface area (Å²) < 4.78 is 26.7. The van der Waals surface area contributed by atoms with E-state index < -0.39 is 43.3 Å². The molecule has 1 N–H and O–H groups in total. The summed E-state index contributed by atoms with van der Waals surface area (Å²) in [7, 11) is 0. The number of rotatable bonds is 5. The van der Waals surface area contributed by atoms with Gasteiger partial charge in [0.1, 0.15) is 6.04 Å². The molecule has 26 heavy (non-hydrogen) atoms. The molecule has 1 atom stereocenters. The molecule has 0 saturated carbocycles. The van der Waals surface area contributed by atoms with Gasteiger partial charge in [-0.1, -0.05) is 16.7 Å². The summed E-state index contributed by atoms with van der Waals surface area (Å²) >= 11 is 5.89. The molecule has 1 fully saturated rings. The van der Waals surface area contributed by atoms with E-state index in [4.69, 9.17) is 22.4 Å². The Morgan fingerprint density at radius 2 is 2.35 bits per heavy atom. The fourth-order valence-corrected chi connectivity index (χ4v) is 2.58. The van der Waals surface area contributed by atoms with E-state index in [0.717, 1.165) is 4.90 Å². The van der Waals surface area contributed by atoms with Crippen molar-refractivity contribution in [2.75, 3.05) is 13.1 Å². The molecule has 2 heterocycles. The molecule has 9 nitrogen and oxygen atoms in total. The average Bonchev–Trinajstić information content (AvgIpc) is 2.93. The first-order chi connectivity index (χ1) is 12.3. The molecule has 0 unspecified atom stereocenters. The van der Waals surface area contributed by atoms with E-state index in [0.29, 0.717) is 0 Å². The van der Waals surface area contributed by atoms with Gasteiger partial charge < -0.3 is 10.2 Å². The first-order valence-corrected chi connectivity index (χ1v) is 7.65. The number of nitrogens with zero attached hydrogens (tertiary/aromatic N) is 6. The van der Waals surface area contributed by atoms with Gasteiger partial charge in [0.2, 0.25) is 5.91 Å². The molecule has 2 amide bonds. The van der Waals surface area contributed by atoms with E-state index in [2.05, 4.69) is 20.3 Å². The number of azide groups is 1. The van der Waals surface area contributed by atoms with Crippen LogP contribution in [0.1, 0.15) is 22.5 Å². The molecule has 1 aliphatic heterocycles. The second-order valence-corrected chi connectivity index (χ2v) is 5.86. The van der Waals surface area contributed by atoms with Crippen molar-refractivity contribution < 1.29 is 18.4 Å². The number of aromatic nitrogens is 1. The predicted molar refractivity (Wildman–Crippen MR) is 85.1 cm³/mol. The molecule has 0 radical (unpaired) electrons. The summed E-state index contributed by atoms with van der Waals surface area (Å²) in [6, 6.07) is 1.70. The highest BCUT2D eigenvalue weighted by molar-refractivity contribution is 6.33. The van der Waals surface area contributed by atoms with Crippen molar-refractivity contribution >= 4 is 23.4 Å². The van der Waals surface area contributed by atoms with Gasteiger partial charge >= 0.3 is 0 Å². The van der Waals surface area contributed by atoms with Gasteiger partial charge in [0.25, 0.3) is 11.8 Å². The number of halogens is 3. The number of nitrogens with one attached hydrogen (secondary N) is 1. The highest BCUT2D eigenvalue weighted by Gasteiger charge is 2.47. The Morgan fingerprint density at radius 3 is 3.00 bits per heavy atom. The van der Waals surface area contributed by atoms with Crippen LogP contribution in [0.15, 0.2) is 17.4 Å². The normalized spacial score (nSPS) is 17.9. The van der Waals surface area contributed by atoms with Crippen LogP contribution in [0.4, 0.5) is 8.78 Å². The van der Waals surface area contributed by atoms with Crippen molar-refractivity contribution in [1.29, 1.82) is 5.26 Å². The van der Waals surface area contributed by atoms with Crippen LogP contribution >= 0.6 is 11.6 Å². The summed E-state index contributed by atoms with van der Waals surface area (Å²) in [6.07, 6.45) is 0.454. The first kappa shape index (κ1) is 19.4. The van der Waals surface area contributed by atoms with Crippen LogP contribution in [0.2, 0.25) is 5.02 Å². The van der Waals surface area contributed by atoms with Crippen molar-refractivity contribution in [3.05, 3.63) is 39.0 Å². The van der Waals surface area contributed by atoms with E-state index >= 15 is 0 Å². The molecule has 1 aliphatic rings. The van der Waals surface area contributed by atoms with Crippen LogP contribution in [-0.2, 0) is 11.3 Å². The van der Waals surface area contributed by atoms with Crippen molar-refractivity contribution in [3.63, 3.8) is 0 Å². The van der Waals surface area contributed by atoms with Gasteiger partial charge in [-0.25, -0.2) is 8.78 Å². The number of pyridine rings is 1. The van der Waals surface area contributed by atoms with Crippen LogP contribution in [0, 0.1) is 11.3 Å². The van der Waals surface area contributed by atoms with Crippen LogP contribution < -0.4 is 5.32 Å². The maximum Gasteiger partial charge on any atom is 0.268 e. The molecule has 0 bridgehead atoms. The van der Waals surface area contributed by atoms with Gasteiger partial charge in [-0.2, -0.15) is 5.26 Å². The Bertz CT molecular complexity index is 820. The van der Waals surface area contributed by atoms with E-state index in [1.165, 1.54) is 12.3 Å².